The third kappa shape index (κ3) is 3.76. The number of likely N-dealkylation sites (tertiary alicyclic amines) is 1. The van der Waals surface area contributed by atoms with Crippen LogP contribution in [0.15, 0.2) is 0 Å². The Labute approximate surface area is 97.9 Å². The van der Waals surface area contributed by atoms with E-state index in [4.69, 9.17) is 9.47 Å². The van der Waals surface area contributed by atoms with E-state index in [9.17, 15) is 4.79 Å². The number of hydrogen-bond donors (Lipinski definition) is 0. The minimum atomic E-state index is -0.0782. The summed E-state index contributed by atoms with van der Waals surface area (Å²) in [5, 5.41) is 0. The van der Waals surface area contributed by atoms with Gasteiger partial charge in [-0.15, -0.1) is 0 Å². The van der Waals surface area contributed by atoms with Gasteiger partial charge >= 0.3 is 5.97 Å². The maximum absolute atomic E-state index is 11.8. The van der Waals surface area contributed by atoms with Crippen LogP contribution in [0.2, 0.25) is 0 Å². The molecule has 1 aliphatic rings. The van der Waals surface area contributed by atoms with Crippen molar-refractivity contribution in [3.05, 3.63) is 0 Å². The first kappa shape index (κ1) is 13.5. The second kappa shape index (κ2) is 6.86. The van der Waals surface area contributed by atoms with Crippen LogP contribution >= 0.6 is 0 Å². The first-order chi connectivity index (χ1) is 7.69. The Morgan fingerprint density at radius 3 is 2.88 bits per heavy atom. The summed E-state index contributed by atoms with van der Waals surface area (Å²) in [6.07, 6.45) is 3.35. The molecule has 0 amide bonds. The molecule has 2 atom stereocenters. The number of piperidine rings is 1. The van der Waals surface area contributed by atoms with Gasteiger partial charge in [0, 0.05) is 13.7 Å². The van der Waals surface area contributed by atoms with E-state index in [2.05, 4.69) is 4.90 Å². The fourth-order valence-corrected chi connectivity index (χ4v) is 2.12. The summed E-state index contributed by atoms with van der Waals surface area (Å²) in [4.78, 5) is 14.0. The zero-order chi connectivity index (χ0) is 12.0. The summed E-state index contributed by atoms with van der Waals surface area (Å²) in [6, 6.07) is -0.0636. The molecule has 16 heavy (non-hydrogen) atoms. The summed E-state index contributed by atoms with van der Waals surface area (Å²) in [5.74, 6) is -0.0782. The van der Waals surface area contributed by atoms with Gasteiger partial charge in [0.2, 0.25) is 0 Å². The normalized spacial score (nSPS) is 24.1. The third-order valence-corrected chi connectivity index (χ3v) is 3.07. The van der Waals surface area contributed by atoms with Crippen molar-refractivity contribution >= 4 is 5.97 Å². The molecule has 0 aliphatic carbocycles. The topological polar surface area (TPSA) is 38.8 Å². The van der Waals surface area contributed by atoms with Crippen molar-refractivity contribution in [2.75, 3.05) is 26.8 Å². The Kier molecular flexibility index (Phi) is 5.77. The minimum absolute atomic E-state index is 0.0636. The molecule has 1 heterocycles. The molecule has 94 valence electrons. The third-order valence-electron chi connectivity index (χ3n) is 3.07. The van der Waals surface area contributed by atoms with E-state index >= 15 is 0 Å². The van der Waals surface area contributed by atoms with E-state index in [1.807, 2.05) is 13.8 Å². The predicted molar refractivity (Wildman–Crippen MR) is 62.3 cm³/mol. The smallest absolute Gasteiger partial charge is 0.323 e. The molecule has 4 nitrogen and oxygen atoms in total. The Morgan fingerprint density at radius 2 is 2.25 bits per heavy atom. The van der Waals surface area contributed by atoms with E-state index in [-0.39, 0.29) is 18.1 Å². The molecule has 0 N–H and O–H groups in total. The molecule has 1 aliphatic heterocycles. The van der Waals surface area contributed by atoms with Crippen LogP contribution in [-0.2, 0) is 14.3 Å². The Bertz CT molecular complexity index is 220. The van der Waals surface area contributed by atoms with Crippen LogP contribution in [0.5, 0.6) is 0 Å². The monoisotopic (exact) mass is 229 g/mol. The number of methoxy groups -OCH3 is 1. The van der Waals surface area contributed by atoms with E-state index < -0.39 is 0 Å². The van der Waals surface area contributed by atoms with Crippen molar-refractivity contribution in [3.63, 3.8) is 0 Å². The number of rotatable bonds is 5. The van der Waals surface area contributed by atoms with Gasteiger partial charge in [-0.05, 0) is 33.2 Å². The number of carbonyl (C=O) groups is 1. The Hall–Kier alpha value is -0.610. The lowest BCUT2D eigenvalue weighted by Crippen LogP contribution is -2.48. The minimum Gasteiger partial charge on any atom is -0.465 e. The molecular formula is C12H23NO3. The maximum Gasteiger partial charge on any atom is 0.323 e. The van der Waals surface area contributed by atoms with Gasteiger partial charge in [-0.2, -0.15) is 0 Å². The van der Waals surface area contributed by atoms with Crippen molar-refractivity contribution in [2.24, 2.45) is 0 Å². The molecule has 0 aromatic rings. The van der Waals surface area contributed by atoms with Gasteiger partial charge in [-0.25, -0.2) is 0 Å². The number of esters is 1. The molecular weight excluding hydrogens is 206 g/mol. The van der Waals surface area contributed by atoms with Crippen LogP contribution in [0.1, 0.15) is 33.1 Å². The van der Waals surface area contributed by atoms with Gasteiger partial charge in [0.1, 0.15) is 6.04 Å². The first-order valence-corrected chi connectivity index (χ1v) is 6.12. The molecule has 0 aromatic carbocycles. The highest BCUT2D eigenvalue weighted by molar-refractivity contribution is 5.75. The van der Waals surface area contributed by atoms with E-state index in [0.717, 1.165) is 32.4 Å². The second-order valence-electron chi connectivity index (χ2n) is 4.30. The van der Waals surface area contributed by atoms with E-state index in [1.165, 1.54) is 0 Å². The first-order valence-electron chi connectivity index (χ1n) is 6.12. The van der Waals surface area contributed by atoms with Crippen LogP contribution in [0.25, 0.3) is 0 Å². The van der Waals surface area contributed by atoms with Crippen LogP contribution < -0.4 is 0 Å². The van der Waals surface area contributed by atoms with Gasteiger partial charge in [0.05, 0.1) is 12.7 Å². The summed E-state index contributed by atoms with van der Waals surface area (Å²) < 4.78 is 10.4. The van der Waals surface area contributed by atoms with Crippen LogP contribution in [0.3, 0.4) is 0 Å². The predicted octanol–water partition coefficient (Wildman–Crippen LogP) is 1.44. The lowest BCUT2D eigenvalue weighted by molar-refractivity contribution is -0.151. The fourth-order valence-electron chi connectivity index (χ4n) is 2.12. The maximum atomic E-state index is 11.8. The van der Waals surface area contributed by atoms with Crippen LogP contribution in [-0.4, -0.2) is 49.8 Å². The second-order valence-corrected chi connectivity index (χ2v) is 4.30. The average molecular weight is 229 g/mol. The lowest BCUT2D eigenvalue weighted by Gasteiger charge is -2.35. The highest BCUT2D eigenvalue weighted by Gasteiger charge is 2.30. The zero-order valence-corrected chi connectivity index (χ0v) is 10.6. The summed E-state index contributed by atoms with van der Waals surface area (Å²) in [5.41, 5.74) is 0. The number of nitrogens with zero attached hydrogens (tertiary/aromatic N) is 1. The summed E-state index contributed by atoms with van der Waals surface area (Å²) >= 11 is 0. The number of carbonyl (C=O) groups excluding carboxylic acids is 1. The largest absolute Gasteiger partial charge is 0.465 e. The molecule has 2 unspecified atom stereocenters. The molecule has 1 rings (SSSR count). The SMILES string of the molecule is CCOC(=O)C1CCCCN1CC(C)OC. The molecule has 0 bridgehead atoms. The van der Waals surface area contributed by atoms with Crippen molar-refractivity contribution in [2.45, 2.75) is 45.3 Å². The van der Waals surface area contributed by atoms with Gasteiger partial charge < -0.3 is 9.47 Å². The van der Waals surface area contributed by atoms with Crippen molar-refractivity contribution in [1.82, 2.24) is 4.90 Å². The Balaban J connectivity index is 2.52. The quantitative estimate of drug-likeness (QED) is 0.669. The van der Waals surface area contributed by atoms with Crippen LogP contribution in [0, 0.1) is 0 Å². The lowest BCUT2D eigenvalue weighted by atomic mass is 10.0. The van der Waals surface area contributed by atoms with Gasteiger partial charge in [-0.3, -0.25) is 9.69 Å². The zero-order valence-electron chi connectivity index (χ0n) is 10.6. The summed E-state index contributed by atoms with van der Waals surface area (Å²) in [7, 11) is 1.70. The number of ether oxygens (including phenoxy) is 2. The fraction of sp³-hybridized carbons (Fsp3) is 0.917. The van der Waals surface area contributed by atoms with Gasteiger partial charge in [0.25, 0.3) is 0 Å². The average Bonchev–Trinajstić information content (AvgIpc) is 2.30. The highest BCUT2D eigenvalue weighted by Crippen LogP contribution is 2.18. The standard InChI is InChI=1S/C12H23NO3/c1-4-16-12(14)11-7-5-6-8-13(11)9-10(2)15-3/h10-11H,4-9H2,1-3H3. The van der Waals surface area contributed by atoms with Crippen molar-refractivity contribution < 1.29 is 14.3 Å². The van der Waals surface area contributed by atoms with Crippen molar-refractivity contribution in [3.8, 4) is 0 Å². The highest BCUT2D eigenvalue weighted by atomic mass is 16.5. The van der Waals surface area contributed by atoms with Crippen molar-refractivity contribution in [1.29, 1.82) is 0 Å². The van der Waals surface area contributed by atoms with E-state index in [1.54, 1.807) is 7.11 Å². The van der Waals surface area contributed by atoms with Gasteiger partial charge in [0.15, 0.2) is 0 Å². The summed E-state index contributed by atoms with van der Waals surface area (Å²) in [6.45, 7) is 6.11. The van der Waals surface area contributed by atoms with Crippen LogP contribution in [0.4, 0.5) is 0 Å². The molecule has 0 saturated carbocycles. The number of hydrogen-bond acceptors (Lipinski definition) is 4. The molecule has 0 spiro atoms. The van der Waals surface area contributed by atoms with E-state index in [0.29, 0.717) is 6.61 Å². The van der Waals surface area contributed by atoms with Gasteiger partial charge in [-0.1, -0.05) is 6.42 Å². The molecule has 4 heteroatoms. The molecule has 0 radical (unpaired) electrons. The molecule has 0 aromatic heterocycles. The molecule has 1 saturated heterocycles. The molecule has 1 fully saturated rings. The Morgan fingerprint density at radius 1 is 1.50 bits per heavy atom.